The van der Waals surface area contributed by atoms with E-state index in [9.17, 15) is 4.79 Å². The number of carbonyl (C=O) groups excluding carboxylic acids is 1. The maximum atomic E-state index is 12.9. The van der Waals surface area contributed by atoms with Crippen molar-refractivity contribution in [2.24, 2.45) is 0 Å². The highest BCUT2D eigenvalue weighted by Gasteiger charge is 2.19. The molecule has 5 rings (SSSR count). The number of carbonyl (C=O) groups is 1. The number of hydrogen-bond donors (Lipinski definition) is 1. The highest BCUT2D eigenvalue weighted by atomic mass is 32.1. The molecule has 1 aliphatic heterocycles. The topological polar surface area (TPSA) is 78.3 Å². The number of amides is 1. The second-order valence-corrected chi connectivity index (χ2v) is 7.92. The lowest BCUT2D eigenvalue weighted by atomic mass is 10.1. The van der Waals surface area contributed by atoms with Crippen molar-refractivity contribution < 1.29 is 14.3 Å². The van der Waals surface area contributed by atoms with Gasteiger partial charge in [-0.25, -0.2) is 4.98 Å². The molecule has 0 saturated carbocycles. The summed E-state index contributed by atoms with van der Waals surface area (Å²) in [4.78, 5) is 17.5. The van der Waals surface area contributed by atoms with Gasteiger partial charge in [-0.3, -0.25) is 14.8 Å². The quantitative estimate of drug-likeness (QED) is 0.482. The fraction of sp³-hybridized carbons (Fsp3) is 0.174. The van der Waals surface area contributed by atoms with Gasteiger partial charge in [0, 0.05) is 10.9 Å². The molecule has 7 nitrogen and oxygen atoms in total. The molecule has 4 aromatic rings. The Hall–Kier alpha value is -3.65. The van der Waals surface area contributed by atoms with Crippen LogP contribution in [0.2, 0.25) is 0 Å². The lowest BCUT2D eigenvalue weighted by molar-refractivity contribution is 0.102. The van der Waals surface area contributed by atoms with Crippen molar-refractivity contribution in [3.8, 4) is 22.8 Å². The number of benzene rings is 2. The van der Waals surface area contributed by atoms with Crippen LogP contribution in [-0.2, 0) is 13.0 Å². The Morgan fingerprint density at radius 2 is 2.00 bits per heavy atom. The predicted molar refractivity (Wildman–Crippen MR) is 119 cm³/mol. The summed E-state index contributed by atoms with van der Waals surface area (Å²) in [6.45, 7) is 2.88. The molecule has 3 heterocycles. The number of aromatic nitrogens is 3. The summed E-state index contributed by atoms with van der Waals surface area (Å²) in [5.41, 5.74) is 4.28. The molecule has 31 heavy (non-hydrogen) atoms. The SMILES string of the molecule is CCc1c(C(=O)Nc2nc(-c3ccc4c(c3)OCO4)cs2)cnn1Cc1ccccc1. The average Bonchev–Trinajstić information content (AvgIpc) is 3.53. The molecule has 0 atom stereocenters. The van der Waals surface area contributed by atoms with E-state index in [1.165, 1.54) is 11.3 Å². The van der Waals surface area contributed by atoms with Gasteiger partial charge < -0.3 is 9.47 Å². The summed E-state index contributed by atoms with van der Waals surface area (Å²) in [6, 6.07) is 15.8. The molecule has 0 fully saturated rings. The number of nitrogens with zero attached hydrogens (tertiary/aromatic N) is 3. The van der Waals surface area contributed by atoms with Gasteiger partial charge in [0.2, 0.25) is 6.79 Å². The highest BCUT2D eigenvalue weighted by molar-refractivity contribution is 7.14. The molecular formula is C23H20N4O3S. The van der Waals surface area contributed by atoms with Gasteiger partial charge in [0.15, 0.2) is 16.6 Å². The Bertz CT molecular complexity index is 1230. The fourth-order valence-electron chi connectivity index (χ4n) is 3.55. The summed E-state index contributed by atoms with van der Waals surface area (Å²) >= 11 is 1.38. The second kappa shape index (κ2) is 8.23. The Morgan fingerprint density at radius 1 is 1.16 bits per heavy atom. The molecule has 0 bridgehead atoms. The summed E-state index contributed by atoms with van der Waals surface area (Å²) < 4.78 is 12.7. The van der Waals surface area contributed by atoms with E-state index in [-0.39, 0.29) is 12.7 Å². The first-order chi connectivity index (χ1) is 15.2. The van der Waals surface area contributed by atoms with E-state index in [2.05, 4.69) is 15.4 Å². The van der Waals surface area contributed by atoms with Crippen LogP contribution in [0.3, 0.4) is 0 Å². The van der Waals surface area contributed by atoms with Gasteiger partial charge in [-0.2, -0.15) is 5.10 Å². The number of nitrogens with one attached hydrogen (secondary N) is 1. The molecule has 1 aliphatic rings. The van der Waals surface area contributed by atoms with E-state index in [1.807, 2.05) is 65.5 Å². The number of hydrogen-bond acceptors (Lipinski definition) is 6. The van der Waals surface area contributed by atoms with Gasteiger partial charge in [-0.05, 0) is 30.2 Å². The monoisotopic (exact) mass is 432 g/mol. The first-order valence-electron chi connectivity index (χ1n) is 9.97. The Labute approximate surface area is 183 Å². The van der Waals surface area contributed by atoms with Crippen LogP contribution in [0.15, 0.2) is 60.1 Å². The standard InChI is InChI=1S/C23H20N4O3S/c1-2-19-17(11-24-27(19)12-15-6-4-3-5-7-15)22(28)26-23-25-18(13-31-23)16-8-9-20-21(10-16)30-14-29-20/h3-11,13H,2,12,14H2,1H3,(H,25,26,28). The normalized spacial score (nSPS) is 12.2. The Morgan fingerprint density at radius 3 is 2.84 bits per heavy atom. The molecule has 1 N–H and O–H groups in total. The van der Waals surface area contributed by atoms with Crippen LogP contribution in [0.5, 0.6) is 11.5 Å². The van der Waals surface area contributed by atoms with Gasteiger partial charge in [-0.1, -0.05) is 37.3 Å². The molecule has 2 aromatic carbocycles. The van der Waals surface area contributed by atoms with Crippen LogP contribution in [-0.4, -0.2) is 27.5 Å². The molecule has 0 unspecified atom stereocenters. The number of rotatable bonds is 6. The van der Waals surface area contributed by atoms with Gasteiger partial charge in [0.05, 0.1) is 29.7 Å². The zero-order chi connectivity index (χ0) is 21.2. The van der Waals surface area contributed by atoms with Crippen LogP contribution in [0, 0.1) is 0 Å². The molecule has 1 amide bonds. The average molecular weight is 433 g/mol. The minimum atomic E-state index is -0.206. The van der Waals surface area contributed by atoms with Crippen molar-refractivity contribution in [3.63, 3.8) is 0 Å². The van der Waals surface area contributed by atoms with Crippen molar-refractivity contribution in [1.82, 2.24) is 14.8 Å². The minimum absolute atomic E-state index is 0.206. The zero-order valence-electron chi connectivity index (χ0n) is 16.9. The summed E-state index contributed by atoms with van der Waals surface area (Å²) in [6.07, 6.45) is 2.33. The minimum Gasteiger partial charge on any atom is -0.454 e. The number of thiazole rings is 1. The molecule has 0 aliphatic carbocycles. The first kappa shape index (κ1) is 19.3. The van der Waals surface area contributed by atoms with E-state index in [0.717, 1.165) is 28.3 Å². The molecule has 156 valence electrons. The fourth-order valence-corrected chi connectivity index (χ4v) is 4.26. The van der Waals surface area contributed by atoms with Gasteiger partial charge in [0.1, 0.15) is 0 Å². The Kier molecular flexibility index (Phi) is 5.13. The maximum Gasteiger partial charge on any atom is 0.260 e. The molecule has 8 heteroatoms. The predicted octanol–water partition coefficient (Wildman–Crippen LogP) is 4.60. The van der Waals surface area contributed by atoms with E-state index in [0.29, 0.717) is 29.4 Å². The lowest BCUT2D eigenvalue weighted by Crippen LogP contribution is -2.15. The summed E-state index contributed by atoms with van der Waals surface area (Å²) in [5.74, 6) is 1.23. The van der Waals surface area contributed by atoms with E-state index < -0.39 is 0 Å². The van der Waals surface area contributed by atoms with E-state index in [4.69, 9.17) is 9.47 Å². The van der Waals surface area contributed by atoms with Crippen LogP contribution in [0.1, 0.15) is 28.5 Å². The summed E-state index contributed by atoms with van der Waals surface area (Å²) in [7, 11) is 0. The van der Waals surface area contributed by atoms with Gasteiger partial charge in [0.25, 0.3) is 5.91 Å². The molecule has 0 radical (unpaired) electrons. The van der Waals surface area contributed by atoms with Crippen molar-refractivity contribution in [1.29, 1.82) is 0 Å². The van der Waals surface area contributed by atoms with Crippen molar-refractivity contribution in [3.05, 3.63) is 76.9 Å². The smallest absolute Gasteiger partial charge is 0.260 e. The van der Waals surface area contributed by atoms with Crippen molar-refractivity contribution in [2.75, 3.05) is 12.1 Å². The first-order valence-corrected chi connectivity index (χ1v) is 10.8. The summed E-state index contributed by atoms with van der Waals surface area (Å²) in [5, 5.41) is 9.80. The van der Waals surface area contributed by atoms with Crippen molar-refractivity contribution in [2.45, 2.75) is 19.9 Å². The van der Waals surface area contributed by atoms with Crippen LogP contribution < -0.4 is 14.8 Å². The third-order valence-electron chi connectivity index (χ3n) is 5.10. The zero-order valence-corrected chi connectivity index (χ0v) is 17.7. The third-order valence-corrected chi connectivity index (χ3v) is 5.85. The molecule has 0 spiro atoms. The van der Waals surface area contributed by atoms with Gasteiger partial charge in [-0.15, -0.1) is 11.3 Å². The third kappa shape index (κ3) is 3.89. The lowest BCUT2D eigenvalue weighted by Gasteiger charge is -2.08. The Balaban J connectivity index is 1.33. The highest BCUT2D eigenvalue weighted by Crippen LogP contribution is 2.36. The van der Waals surface area contributed by atoms with Crippen molar-refractivity contribution >= 4 is 22.4 Å². The number of ether oxygens (including phenoxy) is 2. The second-order valence-electron chi connectivity index (χ2n) is 7.06. The largest absolute Gasteiger partial charge is 0.454 e. The number of fused-ring (bicyclic) bond motifs is 1. The number of anilines is 1. The van der Waals surface area contributed by atoms with E-state index >= 15 is 0 Å². The van der Waals surface area contributed by atoms with Gasteiger partial charge >= 0.3 is 0 Å². The molecular weight excluding hydrogens is 412 g/mol. The van der Waals surface area contributed by atoms with Crippen LogP contribution in [0.4, 0.5) is 5.13 Å². The van der Waals surface area contributed by atoms with Crippen LogP contribution >= 0.6 is 11.3 Å². The van der Waals surface area contributed by atoms with Crippen LogP contribution in [0.25, 0.3) is 11.3 Å². The molecule has 2 aromatic heterocycles. The van der Waals surface area contributed by atoms with E-state index in [1.54, 1.807) is 6.20 Å². The maximum absolute atomic E-state index is 12.9. The molecule has 0 saturated heterocycles.